The molecule has 0 fully saturated rings. The second kappa shape index (κ2) is 7.45. The summed E-state index contributed by atoms with van der Waals surface area (Å²) in [7, 11) is 2.48. The van der Waals surface area contributed by atoms with Gasteiger partial charge in [0.15, 0.2) is 0 Å². The normalized spacial score (nSPS) is 20.7. The van der Waals surface area contributed by atoms with Crippen LogP contribution < -0.4 is 5.32 Å². The van der Waals surface area contributed by atoms with Crippen molar-refractivity contribution in [1.29, 1.82) is 5.26 Å². The average molecular weight is 314 g/mol. The van der Waals surface area contributed by atoms with Gasteiger partial charge in [-0.2, -0.15) is 5.26 Å². The number of nitrogens with zero attached hydrogens (tertiary/aromatic N) is 1. The first-order chi connectivity index (χ1) is 11.1. The van der Waals surface area contributed by atoms with E-state index in [1.54, 1.807) is 0 Å². The molecule has 1 aliphatic rings. The lowest BCUT2D eigenvalue weighted by Gasteiger charge is -2.18. The summed E-state index contributed by atoms with van der Waals surface area (Å²) in [4.78, 5) is 24.4. The molecule has 0 radical (unpaired) electrons. The van der Waals surface area contributed by atoms with E-state index in [0.29, 0.717) is 13.0 Å². The summed E-state index contributed by atoms with van der Waals surface area (Å²) in [5.41, 5.74) is 2.08. The Morgan fingerprint density at radius 2 is 1.91 bits per heavy atom. The number of benzene rings is 1. The Hall–Kier alpha value is -2.81. The fourth-order valence-electron chi connectivity index (χ4n) is 2.71. The van der Waals surface area contributed by atoms with E-state index in [0.717, 1.165) is 11.1 Å². The van der Waals surface area contributed by atoms with Crippen molar-refractivity contribution >= 4 is 11.9 Å². The van der Waals surface area contributed by atoms with Gasteiger partial charge < -0.3 is 14.8 Å². The molecule has 0 saturated heterocycles. The van der Waals surface area contributed by atoms with Gasteiger partial charge in [-0.05, 0) is 24.0 Å². The third kappa shape index (κ3) is 3.51. The Kier molecular flexibility index (Phi) is 5.36. The predicted octanol–water partition coefficient (Wildman–Crippen LogP) is 1.11. The van der Waals surface area contributed by atoms with E-state index >= 15 is 0 Å². The first kappa shape index (κ1) is 16.6. The highest BCUT2D eigenvalue weighted by molar-refractivity contribution is 5.97. The fraction of sp³-hybridized carbons (Fsp3) is 0.353. The summed E-state index contributed by atoms with van der Waals surface area (Å²) in [5.74, 6) is -2.17. The molecular formula is C17H18N2O4. The van der Waals surface area contributed by atoms with Crippen LogP contribution in [0.25, 0.3) is 0 Å². The van der Waals surface area contributed by atoms with Crippen molar-refractivity contribution in [3.05, 3.63) is 46.7 Å². The summed E-state index contributed by atoms with van der Waals surface area (Å²) >= 11 is 0. The van der Waals surface area contributed by atoms with E-state index in [9.17, 15) is 14.9 Å². The number of ether oxygens (including phenoxy) is 2. The van der Waals surface area contributed by atoms with Crippen molar-refractivity contribution in [3.8, 4) is 6.07 Å². The minimum Gasteiger partial charge on any atom is -0.469 e. The van der Waals surface area contributed by atoms with Crippen LogP contribution in [-0.2, 0) is 31.9 Å². The molecule has 0 spiro atoms. The smallest absolute Gasteiger partial charge is 0.337 e. The molecule has 23 heavy (non-hydrogen) atoms. The van der Waals surface area contributed by atoms with E-state index in [-0.39, 0.29) is 17.7 Å². The molecule has 0 saturated carbocycles. The minimum absolute atomic E-state index is 0.0125. The first-order valence-corrected chi connectivity index (χ1v) is 7.23. The largest absolute Gasteiger partial charge is 0.469 e. The number of hydrogen-bond acceptors (Lipinski definition) is 6. The topological polar surface area (TPSA) is 88.4 Å². The van der Waals surface area contributed by atoms with Crippen LogP contribution in [0.4, 0.5) is 0 Å². The minimum atomic E-state index is -0.895. The van der Waals surface area contributed by atoms with Crippen LogP contribution in [0.5, 0.6) is 0 Å². The maximum atomic E-state index is 12.2. The molecule has 1 aliphatic heterocycles. The van der Waals surface area contributed by atoms with Crippen LogP contribution in [-0.4, -0.2) is 32.7 Å². The molecule has 1 N–H and O–H groups in total. The SMILES string of the molecule is COC(=O)/C1=C(\C#N)NCCc2ccccc2CC1C(=O)OC. The Balaban J connectivity index is 2.59. The van der Waals surface area contributed by atoms with Crippen molar-refractivity contribution in [2.75, 3.05) is 20.8 Å². The standard InChI is InChI=1S/C17H18N2O4/c1-22-16(20)13-9-12-6-4-3-5-11(12)7-8-19-14(10-18)15(13)17(21)23-2/h3-6,13,19H,7-9H2,1-2H3/b15-14+. The van der Waals surface area contributed by atoms with Gasteiger partial charge in [0.05, 0.1) is 25.7 Å². The molecule has 1 atom stereocenters. The molecule has 1 heterocycles. The highest BCUT2D eigenvalue weighted by atomic mass is 16.5. The Bertz CT molecular complexity index is 688. The molecule has 0 aliphatic carbocycles. The van der Waals surface area contributed by atoms with Crippen LogP contribution in [0.3, 0.4) is 0 Å². The van der Waals surface area contributed by atoms with Crippen LogP contribution >= 0.6 is 0 Å². The van der Waals surface area contributed by atoms with Crippen molar-refractivity contribution in [3.63, 3.8) is 0 Å². The second-order valence-electron chi connectivity index (χ2n) is 5.12. The third-order valence-corrected chi connectivity index (χ3v) is 3.86. The van der Waals surface area contributed by atoms with Gasteiger partial charge in [0.1, 0.15) is 11.8 Å². The number of esters is 2. The number of rotatable bonds is 2. The summed E-state index contributed by atoms with van der Waals surface area (Å²) in [5, 5.41) is 12.3. The zero-order valence-corrected chi connectivity index (χ0v) is 13.1. The first-order valence-electron chi connectivity index (χ1n) is 7.23. The lowest BCUT2D eigenvalue weighted by atomic mass is 9.88. The zero-order chi connectivity index (χ0) is 16.8. The number of carbonyl (C=O) groups is 2. The van der Waals surface area contributed by atoms with E-state index < -0.39 is 17.9 Å². The summed E-state index contributed by atoms with van der Waals surface area (Å²) in [6.45, 7) is 0.480. The lowest BCUT2D eigenvalue weighted by molar-refractivity contribution is -0.147. The lowest BCUT2D eigenvalue weighted by Crippen LogP contribution is -2.29. The number of methoxy groups -OCH3 is 2. The average Bonchev–Trinajstić information content (AvgIpc) is 2.66. The van der Waals surface area contributed by atoms with Gasteiger partial charge in [0.2, 0.25) is 0 Å². The molecular weight excluding hydrogens is 296 g/mol. The van der Waals surface area contributed by atoms with E-state index in [1.165, 1.54) is 14.2 Å². The molecule has 6 nitrogen and oxygen atoms in total. The van der Waals surface area contributed by atoms with Crippen molar-refractivity contribution in [2.24, 2.45) is 5.92 Å². The second-order valence-corrected chi connectivity index (χ2v) is 5.12. The van der Waals surface area contributed by atoms with E-state index in [1.807, 2.05) is 30.3 Å². The Labute approximate surface area is 134 Å². The summed E-state index contributed by atoms with van der Waals surface area (Å²) in [6, 6.07) is 9.65. The molecule has 1 unspecified atom stereocenters. The molecule has 1 aromatic rings. The zero-order valence-electron chi connectivity index (χ0n) is 13.1. The molecule has 0 amide bonds. The van der Waals surface area contributed by atoms with Crippen molar-refractivity contribution in [1.82, 2.24) is 5.32 Å². The van der Waals surface area contributed by atoms with Gasteiger partial charge in [0.25, 0.3) is 0 Å². The fourth-order valence-corrected chi connectivity index (χ4v) is 2.71. The van der Waals surface area contributed by atoms with E-state index in [2.05, 4.69) is 5.32 Å². The Morgan fingerprint density at radius 3 is 2.52 bits per heavy atom. The maximum Gasteiger partial charge on any atom is 0.337 e. The van der Waals surface area contributed by atoms with E-state index in [4.69, 9.17) is 9.47 Å². The number of allylic oxidation sites excluding steroid dienone is 1. The van der Waals surface area contributed by atoms with Crippen molar-refractivity contribution < 1.29 is 19.1 Å². The van der Waals surface area contributed by atoms with Crippen LogP contribution in [0, 0.1) is 17.2 Å². The van der Waals surface area contributed by atoms with Gasteiger partial charge >= 0.3 is 11.9 Å². The molecule has 2 rings (SSSR count). The third-order valence-electron chi connectivity index (χ3n) is 3.86. The molecule has 1 aromatic carbocycles. The maximum absolute atomic E-state index is 12.2. The van der Waals surface area contributed by atoms with Gasteiger partial charge in [-0.25, -0.2) is 4.79 Å². The van der Waals surface area contributed by atoms with Gasteiger partial charge in [-0.3, -0.25) is 4.79 Å². The van der Waals surface area contributed by atoms with Gasteiger partial charge in [0, 0.05) is 6.54 Å². The number of hydrogen-bond donors (Lipinski definition) is 1. The summed E-state index contributed by atoms with van der Waals surface area (Å²) in [6.07, 6.45) is 0.962. The molecule has 120 valence electrons. The van der Waals surface area contributed by atoms with Gasteiger partial charge in [-0.1, -0.05) is 24.3 Å². The highest BCUT2D eigenvalue weighted by Crippen LogP contribution is 2.25. The summed E-state index contributed by atoms with van der Waals surface area (Å²) < 4.78 is 9.62. The number of nitriles is 1. The number of nitrogens with one attached hydrogen (secondary N) is 1. The number of carbonyl (C=O) groups excluding carboxylic acids is 2. The predicted molar refractivity (Wildman–Crippen MR) is 82.0 cm³/mol. The Morgan fingerprint density at radius 1 is 1.22 bits per heavy atom. The highest BCUT2D eigenvalue weighted by Gasteiger charge is 2.34. The van der Waals surface area contributed by atoms with Crippen LogP contribution in [0.2, 0.25) is 0 Å². The number of fused-ring (bicyclic) bond motifs is 1. The van der Waals surface area contributed by atoms with Gasteiger partial charge in [-0.15, -0.1) is 0 Å². The van der Waals surface area contributed by atoms with Crippen LogP contribution in [0.1, 0.15) is 11.1 Å². The van der Waals surface area contributed by atoms with Crippen LogP contribution in [0.15, 0.2) is 35.5 Å². The molecule has 0 bridgehead atoms. The molecule has 0 aromatic heterocycles. The molecule has 6 heteroatoms. The monoisotopic (exact) mass is 314 g/mol. The quantitative estimate of drug-likeness (QED) is 0.823. The van der Waals surface area contributed by atoms with Crippen molar-refractivity contribution in [2.45, 2.75) is 12.8 Å².